The molecule has 0 radical (unpaired) electrons. The van der Waals surface area contributed by atoms with Crippen LogP contribution in [-0.4, -0.2) is 16.0 Å². The summed E-state index contributed by atoms with van der Waals surface area (Å²) in [4.78, 5) is 17.0. The normalized spacial score (nSPS) is 10.9. The molecule has 0 aliphatic rings. The summed E-state index contributed by atoms with van der Waals surface area (Å²) in [5.74, 6) is 0.133. The van der Waals surface area contributed by atoms with Gasteiger partial charge in [-0.15, -0.1) is 0 Å². The number of carbonyl (C=O) groups excluding carboxylic acids is 1. The lowest BCUT2D eigenvalue weighted by Gasteiger charge is -2.08. The van der Waals surface area contributed by atoms with Gasteiger partial charge in [0.05, 0.1) is 5.56 Å². The number of rotatable bonds is 4. The average molecular weight is 372 g/mol. The van der Waals surface area contributed by atoms with Crippen LogP contribution in [0.3, 0.4) is 0 Å². The van der Waals surface area contributed by atoms with E-state index in [4.69, 9.17) is 4.42 Å². The fraction of sp³-hybridized carbons (Fsp3) is 0.130. The highest BCUT2D eigenvalue weighted by molar-refractivity contribution is 6.04. The number of benzene rings is 3. The molecule has 0 saturated carbocycles. The first kappa shape index (κ1) is 17.8. The van der Waals surface area contributed by atoms with E-state index in [1.165, 1.54) is 6.07 Å². The second-order valence-corrected chi connectivity index (χ2v) is 6.73. The van der Waals surface area contributed by atoms with E-state index in [1.807, 2.05) is 43.3 Å². The van der Waals surface area contributed by atoms with E-state index in [1.54, 1.807) is 18.2 Å². The van der Waals surface area contributed by atoms with Crippen molar-refractivity contribution < 1.29 is 14.3 Å². The van der Waals surface area contributed by atoms with Gasteiger partial charge in [-0.25, -0.2) is 4.98 Å². The maximum atomic E-state index is 12.5. The Morgan fingerprint density at radius 3 is 2.75 bits per heavy atom. The maximum absolute atomic E-state index is 12.5. The number of amides is 1. The number of phenolic OH excluding ortho intramolecular Hbond substituents is 1. The van der Waals surface area contributed by atoms with Gasteiger partial charge in [0.2, 0.25) is 5.89 Å². The van der Waals surface area contributed by atoms with Crippen LogP contribution in [-0.2, 0) is 6.42 Å². The van der Waals surface area contributed by atoms with Gasteiger partial charge in [0.25, 0.3) is 5.91 Å². The molecule has 0 aliphatic heterocycles. The summed E-state index contributed by atoms with van der Waals surface area (Å²) >= 11 is 0. The number of aromatic nitrogens is 1. The summed E-state index contributed by atoms with van der Waals surface area (Å²) in [5, 5.41) is 13.1. The lowest BCUT2D eigenvalue weighted by Crippen LogP contribution is -2.11. The van der Waals surface area contributed by atoms with Crippen molar-refractivity contribution in [3.63, 3.8) is 0 Å². The highest BCUT2D eigenvalue weighted by Gasteiger charge is 2.15. The molecule has 4 aromatic rings. The van der Waals surface area contributed by atoms with Gasteiger partial charge in [-0.3, -0.25) is 4.79 Å². The van der Waals surface area contributed by atoms with Crippen LogP contribution in [0.15, 0.2) is 65.1 Å². The standard InChI is InChI=1S/C23H20N2O3/c1-3-15-7-10-21-19(12-15)25-23(28-21)18-13-17(8-9-20(18)26)24-22(27)16-6-4-5-14(2)11-16/h4-13,26H,3H2,1-2H3,(H,24,27). The Morgan fingerprint density at radius 1 is 1.11 bits per heavy atom. The smallest absolute Gasteiger partial charge is 0.255 e. The number of aromatic hydroxyl groups is 1. The topological polar surface area (TPSA) is 75.4 Å². The van der Waals surface area contributed by atoms with Gasteiger partial charge in [0.15, 0.2) is 5.58 Å². The van der Waals surface area contributed by atoms with Crippen LogP contribution < -0.4 is 5.32 Å². The number of fused-ring (bicyclic) bond motifs is 1. The third-order valence-electron chi connectivity index (χ3n) is 4.63. The largest absolute Gasteiger partial charge is 0.507 e. The molecular weight excluding hydrogens is 352 g/mol. The summed E-state index contributed by atoms with van der Waals surface area (Å²) in [5.41, 5.74) is 5.12. The van der Waals surface area contributed by atoms with Gasteiger partial charge < -0.3 is 14.8 Å². The van der Waals surface area contributed by atoms with Crippen molar-refractivity contribution in [2.75, 3.05) is 5.32 Å². The molecule has 28 heavy (non-hydrogen) atoms. The number of hydrogen-bond donors (Lipinski definition) is 2. The summed E-state index contributed by atoms with van der Waals surface area (Å²) < 4.78 is 5.81. The minimum atomic E-state index is -0.217. The molecule has 0 aliphatic carbocycles. The molecular formula is C23H20N2O3. The number of nitrogens with one attached hydrogen (secondary N) is 1. The summed E-state index contributed by atoms with van der Waals surface area (Å²) in [6.07, 6.45) is 0.907. The molecule has 5 heteroatoms. The Hall–Kier alpha value is -3.60. The molecule has 2 N–H and O–H groups in total. The van der Waals surface area contributed by atoms with Crippen LogP contribution in [0.2, 0.25) is 0 Å². The van der Waals surface area contributed by atoms with Crippen LogP contribution >= 0.6 is 0 Å². The average Bonchev–Trinajstić information content (AvgIpc) is 3.12. The van der Waals surface area contributed by atoms with Crippen molar-refractivity contribution >= 4 is 22.7 Å². The van der Waals surface area contributed by atoms with Gasteiger partial charge in [-0.05, 0) is 61.4 Å². The number of hydrogen-bond acceptors (Lipinski definition) is 4. The first-order valence-electron chi connectivity index (χ1n) is 9.14. The van der Waals surface area contributed by atoms with Crippen molar-refractivity contribution in [2.45, 2.75) is 20.3 Å². The highest BCUT2D eigenvalue weighted by atomic mass is 16.3. The summed E-state index contributed by atoms with van der Waals surface area (Å²) in [7, 11) is 0. The lowest BCUT2D eigenvalue weighted by molar-refractivity contribution is 0.102. The molecule has 140 valence electrons. The molecule has 4 rings (SSSR count). The van der Waals surface area contributed by atoms with E-state index in [0.29, 0.717) is 28.3 Å². The predicted octanol–water partition coefficient (Wildman–Crippen LogP) is 5.32. The van der Waals surface area contributed by atoms with Crippen molar-refractivity contribution in [1.29, 1.82) is 0 Å². The number of nitrogens with zero attached hydrogens (tertiary/aromatic N) is 1. The lowest BCUT2D eigenvalue weighted by atomic mass is 10.1. The predicted molar refractivity (Wildman–Crippen MR) is 110 cm³/mol. The Balaban J connectivity index is 1.66. The molecule has 1 amide bonds. The summed E-state index contributed by atoms with van der Waals surface area (Å²) in [6, 6.07) is 18.0. The van der Waals surface area contributed by atoms with Crippen LogP contribution in [0.25, 0.3) is 22.6 Å². The van der Waals surface area contributed by atoms with Gasteiger partial charge in [0, 0.05) is 11.3 Å². The van der Waals surface area contributed by atoms with Crippen molar-refractivity contribution in [3.8, 4) is 17.2 Å². The molecule has 5 nitrogen and oxygen atoms in total. The Labute approximate surface area is 162 Å². The molecule has 0 atom stereocenters. The molecule has 0 saturated heterocycles. The Bertz CT molecular complexity index is 1180. The Kier molecular flexibility index (Phi) is 4.57. The van der Waals surface area contributed by atoms with E-state index in [2.05, 4.69) is 17.2 Å². The van der Waals surface area contributed by atoms with Crippen LogP contribution in [0.1, 0.15) is 28.4 Å². The molecule has 0 spiro atoms. The van der Waals surface area contributed by atoms with Gasteiger partial charge >= 0.3 is 0 Å². The molecule has 1 heterocycles. The first-order chi connectivity index (χ1) is 13.5. The van der Waals surface area contributed by atoms with E-state index >= 15 is 0 Å². The van der Waals surface area contributed by atoms with Crippen molar-refractivity contribution in [2.24, 2.45) is 0 Å². The fourth-order valence-corrected chi connectivity index (χ4v) is 3.08. The molecule has 0 unspecified atom stereocenters. The van der Waals surface area contributed by atoms with Crippen molar-refractivity contribution in [1.82, 2.24) is 4.98 Å². The molecule has 0 fully saturated rings. The molecule has 3 aromatic carbocycles. The number of phenols is 1. The Morgan fingerprint density at radius 2 is 1.96 bits per heavy atom. The van der Waals surface area contributed by atoms with Crippen LogP contribution in [0.4, 0.5) is 5.69 Å². The SMILES string of the molecule is CCc1ccc2oc(-c3cc(NC(=O)c4cccc(C)c4)ccc3O)nc2c1. The van der Waals surface area contributed by atoms with E-state index in [0.717, 1.165) is 23.1 Å². The second-order valence-electron chi connectivity index (χ2n) is 6.73. The fourth-order valence-electron chi connectivity index (χ4n) is 3.08. The van der Waals surface area contributed by atoms with E-state index in [9.17, 15) is 9.90 Å². The minimum absolute atomic E-state index is 0.0378. The third-order valence-corrected chi connectivity index (χ3v) is 4.63. The second kappa shape index (κ2) is 7.19. The first-order valence-corrected chi connectivity index (χ1v) is 9.14. The maximum Gasteiger partial charge on any atom is 0.255 e. The minimum Gasteiger partial charge on any atom is -0.507 e. The van der Waals surface area contributed by atoms with E-state index < -0.39 is 0 Å². The third kappa shape index (κ3) is 3.47. The number of aryl methyl sites for hydroxylation is 2. The number of carbonyl (C=O) groups is 1. The molecule has 0 bridgehead atoms. The van der Waals surface area contributed by atoms with Gasteiger partial charge in [-0.1, -0.05) is 30.7 Å². The molecule has 1 aromatic heterocycles. The van der Waals surface area contributed by atoms with Crippen molar-refractivity contribution in [3.05, 3.63) is 77.4 Å². The zero-order valence-electron chi connectivity index (χ0n) is 15.7. The monoisotopic (exact) mass is 372 g/mol. The zero-order valence-corrected chi connectivity index (χ0v) is 15.7. The highest BCUT2D eigenvalue weighted by Crippen LogP contribution is 2.33. The zero-order chi connectivity index (χ0) is 19.7. The van der Waals surface area contributed by atoms with Gasteiger partial charge in [0.1, 0.15) is 11.3 Å². The van der Waals surface area contributed by atoms with Crippen LogP contribution in [0.5, 0.6) is 5.75 Å². The van der Waals surface area contributed by atoms with Gasteiger partial charge in [-0.2, -0.15) is 0 Å². The number of anilines is 1. The summed E-state index contributed by atoms with van der Waals surface area (Å²) in [6.45, 7) is 4.01. The number of oxazole rings is 1. The quantitative estimate of drug-likeness (QED) is 0.475. The van der Waals surface area contributed by atoms with Crippen LogP contribution in [0, 0.1) is 6.92 Å². The van der Waals surface area contributed by atoms with E-state index in [-0.39, 0.29) is 11.7 Å².